The highest BCUT2D eigenvalue weighted by Crippen LogP contribution is 2.45. The van der Waals surface area contributed by atoms with Crippen LogP contribution >= 0.6 is 0 Å². The number of rotatable bonds is 12. The summed E-state index contributed by atoms with van der Waals surface area (Å²) in [7, 11) is 0. The molecule has 0 aliphatic heterocycles. The molecule has 0 heterocycles. The molecule has 0 aromatic heterocycles. The van der Waals surface area contributed by atoms with E-state index >= 15 is 0 Å². The molecule has 4 aromatic rings. The second-order valence-electron chi connectivity index (χ2n) is 14.1. The van der Waals surface area contributed by atoms with Crippen LogP contribution in [0, 0.1) is 46.5 Å². The van der Waals surface area contributed by atoms with E-state index in [2.05, 4.69) is 163 Å². The summed E-state index contributed by atoms with van der Waals surface area (Å²) < 4.78 is 0. The summed E-state index contributed by atoms with van der Waals surface area (Å²) in [4.78, 5) is 4.98. The summed E-state index contributed by atoms with van der Waals surface area (Å²) in [6.07, 6.45) is 14.2. The fraction of sp³-hybridized carbons (Fsp3) is 0.378. The predicted molar refractivity (Wildman–Crippen MR) is 206 cm³/mol. The molecule has 0 fully saturated rings. The summed E-state index contributed by atoms with van der Waals surface area (Å²) in [6.45, 7) is 20.5. The van der Waals surface area contributed by atoms with Gasteiger partial charge in [-0.2, -0.15) is 0 Å². The van der Waals surface area contributed by atoms with E-state index in [9.17, 15) is 0 Å². The van der Waals surface area contributed by atoms with E-state index in [0.29, 0.717) is 11.8 Å². The Kier molecular flexibility index (Phi) is 11.1. The average molecular weight is 625 g/mol. The number of nitrogens with zero attached hydrogens (tertiary/aromatic N) is 2. The Morgan fingerprint density at radius 1 is 0.553 bits per heavy atom. The first-order valence-electron chi connectivity index (χ1n) is 18.0. The molecule has 246 valence electrons. The van der Waals surface area contributed by atoms with Crippen LogP contribution in [0.4, 0.5) is 28.4 Å². The number of hydrogen-bond acceptors (Lipinski definition) is 2. The highest BCUT2D eigenvalue weighted by atomic mass is 15.2. The maximum absolute atomic E-state index is 2.55. The second kappa shape index (κ2) is 15.2. The fourth-order valence-corrected chi connectivity index (χ4v) is 7.18. The van der Waals surface area contributed by atoms with Crippen molar-refractivity contribution in [2.45, 2.75) is 101 Å². The van der Waals surface area contributed by atoms with Crippen molar-refractivity contribution in [1.82, 2.24) is 0 Å². The van der Waals surface area contributed by atoms with Gasteiger partial charge in [-0.1, -0.05) is 101 Å². The minimum Gasteiger partial charge on any atom is -0.311 e. The van der Waals surface area contributed by atoms with Crippen molar-refractivity contribution in [3.8, 4) is 0 Å². The molecule has 5 rings (SSSR count). The normalized spacial score (nSPS) is 15.9. The van der Waals surface area contributed by atoms with E-state index in [1.807, 2.05) is 0 Å². The Morgan fingerprint density at radius 2 is 1.04 bits per heavy atom. The molecule has 0 bridgehead atoms. The van der Waals surface area contributed by atoms with Crippen molar-refractivity contribution in [3.05, 3.63) is 136 Å². The summed E-state index contributed by atoms with van der Waals surface area (Å²) in [5.41, 5.74) is 16.8. The van der Waals surface area contributed by atoms with Gasteiger partial charge in [0.2, 0.25) is 0 Å². The lowest BCUT2D eigenvalue weighted by molar-refractivity contribution is 0.547. The Bertz CT molecular complexity index is 1630. The molecule has 0 spiro atoms. The molecule has 1 aliphatic carbocycles. The molecule has 0 saturated carbocycles. The Morgan fingerprint density at radius 3 is 1.51 bits per heavy atom. The van der Waals surface area contributed by atoms with Gasteiger partial charge in [-0.3, -0.25) is 0 Å². The predicted octanol–water partition coefficient (Wildman–Crippen LogP) is 13.2. The Balaban J connectivity index is 1.71. The van der Waals surface area contributed by atoms with Crippen molar-refractivity contribution in [3.63, 3.8) is 0 Å². The van der Waals surface area contributed by atoms with Crippen LogP contribution in [-0.2, 0) is 12.8 Å². The summed E-state index contributed by atoms with van der Waals surface area (Å²) in [5.74, 6) is 0.994. The molecule has 2 nitrogen and oxygen atoms in total. The first-order valence-corrected chi connectivity index (χ1v) is 18.0. The summed E-state index contributed by atoms with van der Waals surface area (Å²) in [6, 6.07) is 27.8. The van der Waals surface area contributed by atoms with Gasteiger partial charge < -0.3 is 9.80 Å². The zero-order valence-corrected chi connectivity index (χ0v) is 30.5. The Hall–Kier alpha value is -4.04. The van der Waals surface area contributed by atoms with Crippen molar-refractivity contribution in [2.75, 3.05) is 9.80 Å². The number of benzene rings is 4. The number of anilines is 5. The molecule has 0 saturated heterocycles. The van der Waals surface area contributed by atoms with Gasteiger partial charge in [0.1, 0.15) is 0 Å². The third-order valence-corrected chi connectivity index (χ3v) is 9.92. The van der Waals surface area contributed by atoms with E-state index in [4.69, 9.17) is 0 Å². The minimum absolute atomic E-state index is 0.468. The summed E-state index contributed by atoms with van der Waals surface area (Å²) >= 11 is 0. The maximum atomic E-state index is 2.55. The quantitative estimate of drug-likeness (QED) is 0.155. The van der Waals surface area contributed by atoms with E-state index < -0.39 is 0 Å². The van der Waals surface area contributed by atoms with Crippen molar-refractivity contribution in [1.29, 1.82) is 0 Å². The molecule has 2 unspecified atom stereocenters. The number of hydrogen-bond donors (Lipinski definition) is 0. The molecule has 1 aliphatic rings. The molecule has 0 radical (unpaired) electrons. The third kappa shape index (κ3) is 7.75. The maximum Gasteiger partial charge on any atom is 0.0520 e. The van der Waals surface area contributed by atoms with Crippen molar-refractivity contribution >= 4 is 28.4 Å². The minimum atomic E-state index is 0.468. The first kappa shape index (κ1) is 34.3. The zero-order chi connectivity index (χ0) is 33.7. The number of allylic oxidation sites excluding steroid dienone is 3. The second-order valence-corrected chi connectivity index (χ2v) is 14.1. The smallest absolute Gasteiger partial charge is 0.0520 e. The summed E-state index contributed by atoms with van der Waals surface area (Å²) in [5, 5.41) is 0. The topological polar surface area (TPSA) is 6.48 Å². The SMILES string of the molecule is CCCCc1cc(C)c(N(c2cccc(N(C3=CC(C)C(C)C=C3)c3ccc(C)cc3)c2)c2c(C)cc(CCCC)cc2C)c(C)c1. The van der Waals surface area contributed by atoms with Gasteiger partial charge in [0, 0.05) is 22.8 Å². The molecular weight excluding hydrogens is 569 g/mol. The molecule has 4 aromatic carbocycles. The average Bonchev–Trinajstić information content (AvgIpc) is 3.04. The van der Waals surface area contributed by atoms with Crippen molar-refractivity contribution in [2.24, 2.45) is 11.8 Å². The molecule has 2 heteroatoms. The fourth-order valence-electron chi connectivity index (χ4n) is 7.18. The van der Waals surface area contributed by atoms with Crippen LogP contribution in [-0.4, -0.2) is 0 Å². The van der Waals surface area contributed by atoms with Crippen LogP contribution in [0.1, 0.15) is 92.3 Å². The zero-order valence-electron chi connectivity index (χ0n) is 30.5. The molecule has 0 N–H and O–H groups in total. The first-order chi connectivity index (χ1) is 22.6. The lowest BCUT2D eigenvalue weighted by atomic mass is 9.90. The van der Waals surface area contributed by atoms with Gasteiger partial charge in [0.15, 0.2) is 0 Å². The molecular formula is C45H56N2. The lowest BCUT2D eigenvalue weighted by Crippen LogP contribution is -2.21. The van der Waals surface area contributed by atoms with Gasteiger partial charge in [-0.05, 0) is 142 Å². The highest BCUT2D eigenvalue weighted by molar-refractivity contribution is 5.86. The van der Waals surface area contributed by atoms with E-state index in [1.54, 1.807) is 0 Å². The van der Waals surface area contributed by atoms with Gasteiger partial charge in [0.05, 0.1) is 11.4 Å². The number of aryl methyl sites for hydroxylation is 7. The molecule has 0 amide bonds. The van der Waals surface area contributed by atoms with Crippen LogP contribution in [0.25, 0.3) is 0 Å². The van der Waals surface area contributed by atoms with Crippen LogP contribution in [0.5, 0.6) is 0 Å². The van der Waals surface area contributed by atoms with Gasteiger partial charge in [0.25, 0.3) is 0 Å². The van der Waals surface area contributed by atoms with Gasteiger partial charge in [-0.15, -0.1) is 0 Å². The van der Waals surface area contributed by atoms with Crippen LogP contribution < -0.4 is 9.80 Å². The molecule has 2 atom stereocenters. The monoisotopic (exact) mass is 624 g/mol. The standard InChI is InChI=1S/C45H56N2/c1-10-12-15-38-25-34(6)44(35(7)26-38)47(45-36(8)27-39(16-13-11-2)28-37(45)9)42-18-14-17-41(30-42)46(40-22-19-31(3)20-23-40)43-24-21-32(4)33(5)29-43/h14,17-30,32-33H,10-13,15-16H2,1-9H3. The van der Waals surface area contributed by atoms with E-state index in [1.165, 1.54) is 98.8 Å². The Labute approximate surface area is 285 Å². The van der Waals surface area contributed by atoms with E-state index in [-0.39, 0.29) is 0 Å². The van der Waals surface area contributed by atoms with Crippen LogP contribution in [0.15, 0.2) is 96.7 Å². The lowest BCUT2D eigenvalue weighted by Gasteiger charge is -2.34. The largest absolute Gasteiger partial charge is 0.311 e. The van der Waals surface area contributed by atoms with Gasteiger partial charge in [-0.25, -0.2) is 0 Å². The number of unbranched alkanes of at least 4 members (excludes halogenated alkanes) is 2. The third-order valence-electron chi connectivity index (χ3n) is 9.92. The van der Waals surface area contributed by atoms with Crippen molar-refractivity contribution < 1.29 is 0 Å². The van der Waals surface area contributed by atoms with Gasteiger partial charge >= 0.3 is 0 Å². The van der Waals surface area contributed by atoms with Crippen LogP contribution in [0.3, 0.4) is 0 Å². The van der Waals surface area contributed by atoms with Crippen LogP contribution in [0.2, 0.25) is 0 Å². The molecule has 47 heavy (non-hydrogen) atoms. The highest BCUT2D eigenvalue weighted by Gasteiger charge is 2.24. The van der Waals surface area contributed by atoms with E-state index in [0.717, 1.165) is 12.8 Å².